The first-order chi connectivity index (χ1) is 11.8. The number of rotatable bonds is 4. The highest BCUT2D eigenvalue weighted by molar-refractivity contribution is 5.99. The Kier molecular flexibility index (Phi) is 5.58. The van der Waals surface area contributed by atoms with Gasteiger partial charge in [-0.25, -0.2) is 14.4 Å². The van der Waals surface area contributed by atoms with Crippen LogP contribution in [-0.2, 0) is 14.3 Å². The predicted octanol–water partition coefficient (Wildman–Crippen LogP) is 1.20. The lowest BCUT2D eigenvalue weighted by molar-refractivity contribution is -0.141. The van der Waals surface area contributed by atoms with Gasteiger partial charge in [0.2, 0.25) is 0 Å². The summed E-state index contributed by atoms with van der Waals surface area (Å²) in [5, 5.41) is 11.6. The van der Waals surface area contributed by atoms with E-state index in [1.807, 2.05) is 0 Å². The average molecular weight is 350 g/mol. The summed E-state index contributed by atoms with van der Waals surface area (Å²) in [4.78, 5) is 48.1. The molecule has 0 radical (unpaired) electrons. The third-order valence-electron chi connectivity index (χ3n) is 3.85. The van der Waals surface area contributed by atoms with Crippen LogP contribution in [0.5, 0.6) is 0 Å². The van der Waals surface area contributed by atoms with Crippen LogP contribution in [-0.4, -0.2) is 61.3 Å². The molecule has 1 aliphatic heterocycles. The van der Waals surface area contributed by atoms with Crippen molar-refractivity contribution >= 4 is 29.6 Å². The summed E-state index contributed by atoms with van der Waals surface area (Å²) >= 11 is 0. The van der Waals surface area contributed by atoms with Gasteiger partial charge in [-0.1, -0.05) is 0 Å². The van der Waals surface area contributed by atoms with Gasteiger partial charge in [-0.2, -0.15) is 0 Å². The second-order valence-corrected chi connectivity index (χ2v) is 5.48. The Morgan fingerprint density at radius 1 is 1.08 bits per heavy atom. The number of aliphatic carboxylic acids is 1. The molecule has 0 spiro atoms. The quantitative estimate of drug-likeness (QED) is 0.782. The van der Waals surface area contributed by atoms with Crippen molar-refractivity contribution in [3.05, 3.63) is 29.3 Å². The van der Waals surface area contributed by atoms with Crippen molar-refractivity contribution in [1.29, 1.82) is 0 Å². The average Bonchev–Trinajstić information content (AvgIpc) is 3.10. The van der Waals surface area contributed by atoms with Gasteiger partial charge in [-0.05, 0) is 24.6 Å². The normalized spacial score (nSPS) is 16.2. The van der Waals surface area contributed by atoms with E-state index in [9.17, 15) is 19.2 Å². The van der Waals surface area contributed by atoms with Crippen molar-refractivity contribution in [1.82, 2.24) is 4.90 Å². The molecule has 25 heavy (non-hydrogen) atoms. The van der Waals surface area contributed by atoms with Gasteiger partial charge in [0.25, 0.3) is 0 Å². The smallest absolute Gasteiger partial charge is 0.337 e. The molecule has 0 bridgehead atoms. The Hall–Kier alpha value is -3.10. The van der Waals surface area contributed by atoms with Crippen LogP contribution < -0.4 is 5.32 Å². The van der Waals surface area contributed by atoms with E-state index >= 15 is 0 Å². The number of urea groups is 1. The summed E-state index contributed by atoms with van der Waals surface area (Å²) in [6, 6.07) is 3.51. The van der Waals surface area contributed by atoms with Crippen LogP contribution >= 0.6 is 0 Å². The molecule has 1 aromatic carbocycles. The Morgan fingerprint density at radius 3 is 2.08 bits per heavy atom. The number of likely N-dealkylation sites (tertiary alicyclic amines) is 1. The van der Waals surface area contributed by atoms with E-state index in [-0.39, 0.29) is 23.4 Å². The van der Waals surface area contributed by atoms with E-state index in [0.717, 1.165) is 0 Å². The number of hydrogen-bond acceptors (Lipinski definition) is 6. The van der Waals surface area contributed by atoms with E-state index < -0.39 is 29.9 Å². The lowest BCUT2D eigenvalue weighted by Crippen LogP contribution is -2.33. The zero-order valence-electron chi connectivity index (χ0n) is 13.8. The molecule has 1 saturated heterocycles. The predicted molar refractivity (Wildman–Crippen MR) is 85.5 cm³/mol. The van der Waals surface area contributed by atoms with Gasteiger partial charge in [0.05, 0.1) is 31.3 Å². The third-order valence-corrected chi connectivity index (χ3v) is 3.85. The summed E-state index contributed by atoms with van der Waals surface area (Å²) in [5.41, 5.74) is 0.350. The molecule has 1 unspecified atom stereocenters. The molecule has 0 saturated carbocycles. The minimum absolute atomic E-state index is 0.0746. The number of nitrogens with zero attached hydrogens (tertiary/aromatic N) is 1. The SMILES string of the molecule is COC(=O)c1cc(NC(=O)N2CCC(C(=O)O)C2)cc(C(=O)OC)c1. The monoisotopic (exact) mass is 350 g/mol. The highest BCUT2D eigenvalue weighted by atomic mass is 16.5. The van der Waals surface area contributed by atoms with E-state index in [1.54, 1.807) is 0 Å². The van der Waals surface area contributed by atoms with Crippen molar-refractivity contribution < 1.29 is 33.8 Å². The Morgan fingerprint density at radius 2 is 1.64 bits per heavy atom. The number of carbonyl (C=O) groups excluding carboxylic acids is 3. The number of ether oxygens (including phenoxy) is 2. The number of carboxylic acid groups (broad SMARTS) is 1. The fourth-order valence-corrected chi connectivity index (χ4v) is 2.52. The summed E-state index contributed by atoms with van der Waals surface area (Å²) < 4.78 is 9.25. The lowest BCUT2D eigenvalue weighted by Gasteiger charge is -2.17. The van der Waals surface area contributed by atoms with Gasteiger partial charge < -0.3 is 24.8 Å². The molecule has 134 valence electrons. The molecular formula is C16H18N2O7. The third kappa shape index (κ3) is 4.25. The maximum absolute atomic E-state index is 12.3. The molecular weight excluding hydrogens is 332 g/mol. The minimum Gasteiger partial charge on any atom is -0.481 e. The maximum Gasteiger partial charge on any atom is 0.337 e. The van der Waals surface area contributed by atoms with Crippen LogP contribution in [0, 0.1) is 5.92 Å². The molecule has 1 heterocycles. The topological polar surface area (TPSA) is 122 Å². The van der Waals surface area contributed by atoms with Crippen molar-refractivity contribution in [2.45, 2.75) is 6.42 Å². The van der Waals surface area contributed by atoms with Crippen LogP contribution in [0.4, 0.5) is 10.5 Å². The number of carbonyl (C=O) groups is 4. The highest BCUT2D eigenvalue weighted by Gasteiger charge is 2.31. The van der Waals surface area contributed by atoms with E-state index in [0.29, 0.717) is 13.0 Å². The number of nitrogens with one attached hydrogen (secondary N) is 1. The van der Waals surface area contributed by atoms with E-state index in [1.165, 1.54) is 37.3 Å². The Bertz CT molecular complexity index is 682. The van der Waals surface area contributed by atoms with Gasteiger partial charge in [-0.3, -0.25) is 4.79 Å². The van der Waals surface area contributed by atoms with E-state index in [2.05, 4.69) is 14.8 Å². The number of hydrogen-bond donors (Lipinski definition) is 2. The van der Waals surface area contributed by atoms with Crippen molar-refractivity contribution in [2.75, 3.05) is 32.6 Å². The molecule has 9 nitrogen and oxygen atoms in total. The largest absolute Gasteiger partial charge is 0.481 e. The molecule has 1 fully saturated rings. The number of methoxy groups -OCH3 is 2. The molecule has 2 rings (SSSR count). The minimum atomic E-state index is -0.948. The van der Waals surface area contributed by atoms with Crippen LogP contribution in [0.3, 0.4) is 0 Å². The molecule has 9 heteroatoms. The van der Waals surface area contributed by atoms with Gasteiger partial charge in [-0.15, -0.1) is 0 Å². The Labute approximate surface area is 143 Å². The van der Waals surface area contributed by atoms with Gasteiger partial charge >= 0.3 is 23.9 Å². The second kappa shape index (κ2) is 7.65. The molecule has 1 aromatic rings. The molecule has 2 N–H and O–H groups in total. The first-order valence-corrected chi connectivity index (χ1v) is 7.46. The van der Waals surface area contributed by atoms with Crippen molar-refractivity contribution in [3.63, 3.8) is 0 Å². The van der Waals surface area contributed by atoms with Crippen LogP contribution in [0.1, 0.15) is 27.1 Å². The first-order valence-electron chi connectivity index (χ1n) is 7.46. The fourth-order valence-electron chi connectivity index (χ4n) is 2.52. The van der Waals surface area contributed by atoms with E-state index in [4.69, 9.17) is 5.11 Å². The number of benzene rings is 1. The molecule has 1 atom stereocenters. The number of anilines is 1. The van der Waals surface area contributed by atoms with Crippen LogP contribution in [0.2, 0.25) is 0 Å². The Balaban J connectivity index is 2.20. The summed E-state index contributed by atoms with van der Waals surface area (Å²) in [6.45, 7) is 0.408. The zero-order valence-corrected chi connectivity index (χ0v) is 13.8. The van der Waals surface area contributed by atoms with Gasteiger partial charge in [0.1, 0.15) is 0 Å². The van der Waals surface area contributed by atoms with Crippen LogP contribution in [0.25, 0.3) is 0 Å². The lowest BCUT2D eigenvalue weighted by atomic mass is 10.1. The second-order valence-electron chi connectivity index (χ2n) is 5.48. The molecule has 1 aliphatic rings. The maximum atomic E-state index is 12.3. The van der Waals surface area contributed by atoms with Crippen LogP contribution in [0.15, 0.2) is 18.2 Å². The van der Waals surface area contributed by atoms with Crippen molar-refractivity contribution in [3.8, 4) is 0 Å². The fraction of sp³-hybridized carbons (Fsp3) is 0.375. The first kappa shape index (κ1) is 18.2. The van der Waals surface area contributed by atoms with Crippen molar-refractivity contribution in [2.24, 2.45) is 5.92 Å². The standard InChI is InChI=1S/C16H18N2O7/c1-24-14(21)10-5-11(15(22)25-2)7-12(6-10)17-16(23)18-4-3-9(8-18)13(19)20/h5-7,9H,3-4,8H2,1-2H3,(H,17,23)(H,19,20). The summed E-state index contributed by atoms with van der Waals surface area (Å²) in [7, 11) is 2.39. The number of esters is 2. The molecule has 0 aliphatic carbocycles. The number of amides is 2. The summed E-state index contributed by atoms with van der Waals surface area (Å²) in [5.74, 6) is -2.89. The highest BCUT2D eigenvalue weighted by Crippen LogP contribution is 2.20. The van der Waals surface area contributed by atoms with Gasteiger partial charge in [0.15, 0.2) is 0 Å². The zero-order chi connectivity index (χ0) is 18.6. The summed E-state index contributed by atoms with van der Waals surface area (Å²) in [6.07, 6.45) is 0.373. The van der Waals surface area contributed by atoms with Gasteiger partial charge in [0, 0.05) is 18.8 Å². The molecule has 0 aromatic heterocycles. The molecule has 2 amide bonds. The number of carboxylic acids is 1.